The Bertz CT molecular complexity index is 876. The molecule has 5 nitrogen and oxygen atoms in total. The summed E-state index contributed by atoms with van der Waals surface area (Å²) >= 11 is 0. The number of rotatable bonds is 6. The van der Waals surface area contributed by atoms with Crippen LogP contribution in [0, 0.1) is 0 Å². The lowest BCUT2D eigenvalue weighted by Crippen LogP contribution is -2.40. The maximum atomic E-state index is 12.6. The molecule has 0 unspecified atom stereocenters. The molecule has 2 aromatic carbocycles. The molecule has 1 N–H and O–H groups in total. The molecule has 1 heterocycles. The number of sulfonamides is 1. The van der Waals surface area contributed by atoms with E-state index < -0.39 is 21.8 Å². The van der Waals surface area contributed by atoms with Crippen molar-refractivity contribution in [1.82, 2.24) is 9.62 Å². The Morgan fingerprint density at radius 3 is 1.89 bits per heavy atom. The highest BCUT2D eigenvalue weighted by Crippen LogP contribution is 2.29. The van der Waals surface area contributed by atoms with Crippen LogP contribution in [0.25, 0.3) is 0 Å². The first kappa shape index (κ1) is 20.8. The van der Waals surface area contributed by atoms with Crippen LogP contribution >= 0.6 is 0 Å². The van der Waals surface area contributed by atoms with E-state index in [2.05, 4.69) is 5.32 Å². The molecular formula is C19H21F3N2O3S. The minimum atomic E-state index is -4.34. The molecule has 1 fully saturated rings. The fourth-order valence-corrected chi connectivity index (χ4v) is 4.29. The zero-order valence-electron chi connectivity index (χ0n) is 15.1. The molecule has 0 saturated carbocycles. The van der Waals surface area contributed by atoms with Crippen molar-refractivity contribution in [2.45, 2.75) is 24.2 Å². The van der Waals surface area contributed by atoms with Crippen molar-refractivity contribution in [1.29, 1.82) is 0 Å². The van der Waals surface area contributed by atoms with Crippen LogP contribution in [0.4, 0.5) is 13.2 Å². The number of hydrogen-bond acceptors (Lipinski definition) is 4. The van der Waals surface area contributed by atoms with Gasteiger partial charge in [-0.1, -0.05) is 24.3 Å². The second-order valence-corrected chi connectivity index (χ2v) is 8.40. The largest absolute Gasteiger partial charge is 0.416 e. The molecule has 1 aliphatic rings. The molecule has 0 radical (unpaired) electrons. The average molecular weight is 414 g/mol. The second-order valence-electron chi connectivity index (χ2n) is 6.46. The van der Waals surface area contributed by atoms with Crippen molar-refractivity contribution < 1.29 is 26.3 Å². The Balaban J connectivity index is 1.54. The molecule has 0 aliphatic carbocycles. The van der Waals surface area contributed by atoms with Crippen molar-refractivity contribution in [3.05, 3.63) is 65.2 Å². The van der Waals surface area contributed by atoms with Gasteiger partial charge in [-0.15, -0.1) is 0 Å². The molecule has 152 valence electrons. The fraction of sp³-hybridized carbons (Fsp3) is 0.368. The third-order valence-electron chi connectivity index (χ3n) is 4.47. The number of morpholine rings is 1. The second kappa shape index (κ2) is 8.60. The van der Waals surface area contributed by atoms with E-state index in [4.69, 9.17) is 4.74 Å². The molecule has 9 heteroatoms. The first-order valence-corrected chi connectivity index (χ1v) is 10.2. The van der Waals surface area contributed by atoms with E-state index in [1.807, 2.05) is 0 Å². The summed E-state index contributed by atoms with van der Waals surface area (Å²) in [5.41, 5.74) is 0.945. The monoisotopic (exact) mass is 414 g/mol. The van der Waals surface area contributed by atoms with Crippen LogP contribution in [-0.4, -0.2) is 39.0 Å². The summed E-state index contributed by atoms with van der Waals surface area (Å²) < 4.78 is 69.4. The first-order chi connectivity index (χ1) is 13.3. The third-order valence-corrected chi connectivity index (χ3v) is 6.38. The lowest BCUT2D eigenvalue weighted by molar-refractivity contribution is -0.137. The SMILES string of the molecule is O=S(=O)(c1ccc(CNCc2ccc(C(F)(F)F)cc2)cc1)N1CCOCC1. The summed E-state index contributed by atoms with van der Waals surface area (Å²) in [5.74, 6) is 0. The Hall–Kier alpha value is -1.94. The third kappa shape index (κ3) is 5.11. The highest BCUT2D eigenvalue weighted by atomic mass is 32.2. The maximum absolute atomic E-state index is 12.6. The van der Waals surface area contributed by atoms with Gasteiger partial charge >= 0.3 is 6.18 Å². The molecule has 28 heavy (non-hydrogen) atoms. The Kier molecular flexibility index (Phi) is 6.39. The number of nitrogens with one attached hydrogen (secondary N) is 1. The predicted octanol–water partition coefficient (Wildman–Crippen LogP) is 3.02. The minimum Gasteiger partial charge on any atom is -0.379 e. The van der Waals surface area contributed by atoms with Crippen LogP contribution in [0.5, 0.6) is 0 Å². The van der Waals surface area contributed by atoms with E-state index in [1.54, 1.807) is 24.3 Å². The van der Waals surface area contributed by atoms with E-state index in [0.717, 1.165) is 23.3 Å². The van der Waals surface area contributed by atoms with Crippen molar-refractivity contribution in [3.63, 3.8) is 0 Å². The molecule has 1 saturated heterocycles. The van der Waals surface area contributed by atoms with Gasteiger partial charge in [-0.2, -0.15) is 17.5 Å². The number of benzene rings is 2. The van der Waals surface area contributed by atoms with E-state index in [9.17, 15) is 21.6 Å². The Morgan fingerprint density at radius 1 is 0.893 bits per heavy atom. The lowest BCUT2D eigenvalue weighted by atomic mass is 10.1. The molecular weight excluding hydrogens is 393 g/mol. The van der Waals surface area contributed by atoms with Gasteiger partial charge in [0, 0.05) is 26.2 Å². The molecule has 0 amide bonds. The quantitative estimate of drug-likeness (QED) is 0.790. The van der Waals surface area contributed by atoms with Crippen LogP contribution in [0.3, 0.4) is 0 Å². The smallest absolute Gasteiger partial charge is 0.379 e. The van der Waals surface area contributed by atoms with Gasteiger partial charge in [0.15, 0.2) is 0 Å². The van der Waals surface area contributed by atoms with Crippen molar-refractivity contribution >= 4 is 10.0 Å². The van der Waals surface area contributed by atoms with E-state index in [0.29, 0.717) is 39.4 Å². The molecule has 0 bridgehead atoms. The van der Waals surface area contributed by atoms with Crippen LogP contribution in [-0.2, 0) is 34.0 Å². The summed E-state index contributed by atoms with van der Waals surface area (Å²) in [5, 5.41) is 3.14. The Labute approximate surface area is 162 Å². The van der Waals surface area contributed by atoms with Crippen LogP contribution in [0.2, 0.25) is 0 Å². The van der Waals surface area contributed by atoms with Crippen LogP contribution in [0.15, 0.2) is 53.4 Å². The van der Waals surface area contributed by atoms with E-state index >= 15 is 0 Å². The molecule has 2 aromatic rings. The number of ether oxygens (including phenoxy) is 1. The van der Waals surface area contributed by atoms with Gasteiger partial charge in [0.1, 0.15) is 0 Å². The van der Waals surface area contributed by atoms with Crippen molar-refractivity contribution in [2.75, 3.05) is 26.3 Å². The van der Waals surface area contributed by atoms with Gasteiger partial charge < -0.3 is 10.1 Å². The number of halogens is 3. The number of nitrogens with zero attached hydrogens (tertiary/aromatic N) is 1. The summed E-state index contributed by atoms with van der Waals surface area (Å²) in [6.45, 7) is 2.36. The molecule has 1 aliphatic heterocycles. The number of hydrogen-bond donors (Lipinski definition) is 1. The van der Waals surface area contributed by atoms with E-state index in [-0.39, 0.29) is 4.90 Å². The van der Waals surface area contributed by atoms with Gasteiger partial charge in [0.25, 0.3) is 0 Å². The normalized spacial score (nSPS) is 16.2. The zero-order chi connectivity index (χ0) is 20.2. The first-order valence-electron chi connectivity index (χ1n) is 8.80. The summed E-state index contributed by atoms with van der Waals surface area (Å²) in [7, 11) is -3.52. The van der Waals surface area contributed by atoms with Gasteiger partial charge in [0.2, 0.25) is 10.0 Å². The highest BCUT2D eigenvalue weighted by Gasteiger charge is 2.30. The van der Waals surface area contributed by atoms with Crippen LogP contribution < -0.4 is 5.32 Å². The van der Waals surface area contributed by atoms with Crippen molar-refractivity contribution in [2.24, 2.45) is 0 Å². The average Bonchev–Trinajstić information content (AvgIpc) is 2.69. The van der Waals surface area contributed by atoms with Gasteiger partial charge in [0.05, 0.1) is 23.7 Å². The summed E-state index contributed by atoms with van der Waals surface area (Å²) in [6, 6.07) is 11.6. The van der Waals surface area contributed by atoms with Gasteiger partial charge in [-0.3, -0.25) is 0 Å². The van der Waals surface area contributed by atoms with E-state index in [1.165, 1.54) is 16.4 Å². The Morgan fingerprint density at radius 2 is 1.39 bits per heavy atom. The predicted molar refractivity (Wildman–Crippen MR) is 98.0 cm³/mol. The topological polar surface area (TPSA) is 58.6 Å². The fourth-order valence-electron chi connectivity index (χ4n) is 2.88. The molecule has 0 spiro atoms. The maximum Gasteiger partial charge on any atom is 0.416 e. The zero-order valence-corrected chi connectivity index (χ0v) is 15.9. The standard InChI is InChI=1S/C19H21F3N2O3S/c20-19(21,22)17-5-1-15(2-6-17)13-23-14-16-3-7-18(8-4-16)28(25,26)24-9-11-27-12-10-24/h1-8,23H,9-14H2. The minimum absolute atomic E-state index is 0.237. The summed E-state index contributed by atoms with van der Waals surface area (Å²) in [4.78, 5) is 0.237. The highest BCUT2D eigenvalue weighted by molar-refractivity contribution is 7.89. The van der Waals surface area contributed by atoms with Gasteiger partial charge in [-0.05, 0) is 35.4 Å². The lowest BCUT2D eigenvalue weighted by Gasteiger charge is -2.26. The van der Waals surface area contributed by atoms with Crippen LogP contribution in [0.1, 0.15) is 16.7 Å². The molecule has 0 atom stereocenters. The van der Waals surface area contributed by atoms with Gasteiger partial charge in [-0.25, -0.2) is 8.42 Å². The summed E-state index contributed by atoms with van der Waals surface area (Å²) in [6.07, 6.45) is -4.34. The number of alkyl halides is 3. The molecule has 0 aromatic heterocycles. The van der Waals surface area contributed by atoms with Crippen molar-refractivity contribution in [3.8, 4) is 0 Å². The molecule has 3 rings (SSSR count).